The number of hydrogen-bond acceptors (Lipinski definition) is 3. The van der Waals surface area contributed by atoms with Gasteiger partial charge in [-0.15, -0.1) is 0 Å². The molecule has 0 saturated carbocycles. The smallest absolute Gasteiger partial charge is 0.408 e. The van der Waals surface area contributed by atoms with Crippen molar-refractivity contribution in [2.45, 2.75) is 57.5 Å². The number of anilines is 1. The molecule has 0 saturated heterocycles. The Balaban J connectivity index is 2.94. The van der Waals surface area contributed by atoms with E-state index < -0.39 is 20.5 Å². The molecule has 0 amide bonds. The van der Waals surface area contributed by atoms with Crippen LogP contribution in [0.3, 0.4) is 0 Å². The molecule has 1 rings (SSSR count). The minimum Gasteiger partial charge on any atom is -0.417 e. The molecule has 0 spiro atoms. The summed E-state index contributed by atoms with van der Waals surface area (Å²) in [5, 5.41) is 0.0948. The first-order chi connectivity index (χ1) is 11.2. The lowest BCUT2D eigenvalue weighted by Crippen LogP contribution is -2.46. The Labute approximate surface area is 162 Å². The average Bonchev–Trinajstić information content (AvgIpc) is 2.43. The van der Waals surface area contributed by atoms with Crippen LogP contribution in [0.4, 0.5) is 18.9 Å². The van der Waals surface area contributed by atoms with Crippen molar-refractivity contribution in [2.24, 2.45) is 0 Å². The highest BCUT2D eigenvalue weighted by Gasteiger charge is 2.44. The number of pyridine rings is 1. The SMILES string of the molecule is CN(c1cc(Cl)ncc1Br)C(CCO[Si](C)(C)C(C)(C)C)C(F)(F)F. The zero-order valence-electron chi connectivity index (χ0n) is 15.3. The lowest BCUT2D eigenvalue weighted by Gasteiger charge is -2.37. The molecule has 1 unspecified atom stereocenters. The number of hydrogen-bond donors (Lipinski definition) is 0. The molecule has 144 valence electrons. The number of rotatable bonds is 6. The van der Waals surface area contributed by atoms with Crippen molar-refractivity contribution in [1.82, 2.24) is 4.98 Å². The molecular weight excluding hydrogens is 437 g/mol. The maximum atomic E-state index is 13.6. The molecule has 9 heteroatoms. The number of nitrogens with zero attached hydrogens (tertiary/aromatic N) is 2. The van der Waals surface area contributed by atoms with Gasteiger partial charge >= 0.3 is 6.18 Å². The van der Waals surface area contributed by atoms with E-state index in [0.29, 0.717) is 10.2 Å². The molecule has 0 aliphatic carbocycles. The molecule has 1 heterocycles. The van der Waals surface area contributed by atoms with Gasteiger partial charge in [-0.25, -0.2) is 4.98 Å². The first kappa shape index (κ1) is 22.7. The van der Waals surface area contributed by atoms with Gasteiger partial charge in [0.05, 0.1) is 10.2 Å². The third kappa shape index (κ3) is 6.11. The molecule has 0 N–H and O–H groups in total. The summed E-state index contributed by atoms with van der Waals surface area (Å²) >= 11 is 9.07. The minimum atomic E-state index is -4.39. The fraction of sp³-hybridized carbons (Fsp3) is 0.688. The first-order valence-corrected chi connectivity index (χ1v) is 12.0. The van der Waals surface area contributed by atoms with E-state index in [1.807, 2.05) is 13.1 Å². The van der Waals surface area contributed by atoms with Crippen LogP contribution in [0.1, 0.15) is 27.2 Å². The van der Waals surface area contributed by atoms with E-state index in [9.17, 15) is 13.2 Å². The number of halogens is 5. The Kier molecular flexibility index (Phi) is 7.41. The molecule has 25 heavy (non-hydrogen) atoms. The van der Waals surface area contributed by atoms with Gasteiger partial charge in [0.25, 0.3) is 0 Å². The van der Waals surface area contributed by atoms with E-state index in [1.165, 1.54) is 24.2 Å². The minimum absolute atomic E-state index is 0.0473. The second-order valence-electron chi connectivity index (χ2n) is 7.52. The highest BCUT2D eigenvalue weighted by molar-refractivity contribution is 9.10. The standard InChI is InChI=1S/C16H25BrClF3N2OSi/c1-15(2,3)25(5,6)24-8-7-13(16(19,20)21)23(4)12-9-14(18)22-10-11(12)17/h9-10,13H,7-8H2,1-6H3. The monoisotopic (exact) mass is 460 g/mol. The molecule has 0 fully saturated rings. The van der Waals surface area contributed by atoms with E-state index >= 15 is 0 Å². The zero-order chi connectivity index (χ0) is 19.6. The van der Waals surface area contributed by atoms with Gasteiger partial charge in [0.1, 0.15) is 11.2 Å². The third-order valence-corrected chi connectivity index (χ3v) is 10.0. The lowest BCUT2D eigenvalue weighted by atomic mass is 10.1. The molecule has 0 aliphatic heterocycles. The van der Waals surface area contributed by atoms with Crippen LogP contribution in [0.25, 0.3) is 0 Å². The Morgan fingerprint density at radius 2 is 1.88 bits per heavy atom. The van der Waals surface area contributed by atoms with Gasteiger partial charge in [-0.1, -0.05) is 32.4 Å². The van der Waals surface area contributed by atoms with Crippen molar-refractivity contribution in [3.63, 3.8) is 0 Å². The van der Waals surface area contributed by atoms with Crippen molar-refractivity contribution in [3.05, 3.63) is 21.9 Å². The van der Waals surface area contributed by atoms with Crippen LogP contribution in [0.15, 0.2) is 16.7 Å². The quantitative estimate of drug-likeness (QED) is 0.368. The Morgan fingerprint density at radius 1 is 1.32 bits per heavy atom. The molecular formula is C16H25BrClF3N2OSi. The fourth-order valence-corrected chi connectivity index (χ4v) is 3.77. The molecule has 0 aromatic carbocycles. The van der Waals surface area contributed by atoms with Crippen molar-refractivity contribution < 1.29 is 17.6 Å². The molecule has 1 aromatic heterocycles. The summed E-state index contributed by atoms with van der Waals surface area (Å²) in [4.78, 5) is 5.03. The van der Waals surface area contributed by atoms with E-state index in [4.69, 9.17) is 16.0 Å². The largest absolute Gasteiger partial charge is 0.417 e. The van der Waals surface area contributed by atoms with Crippen LogP contribution in [-0.2, 0) is 4.43 Å². The Bertz CT molecular complexity index is 594. The maximum absolute atomic E-state index is 13.6. The van der Waals surface area contributed by atoms with Crippen molar-refractivity contribution in [3.8, 4) is 0 Å². The molecule has 1 atom stereocenters. The summed E-state index contributed by atoms with van der Waals surface area (Å²) in [5.41, 5.74) is 0.342. The van der Waals surface area contributed by atoms with E-state index in [1.54, 1.807) is 0 Å². The van der Waals surface area contributed by atoms with E-state index in [2.05, 4.69) is 41.7 Å². The fourth-order valence-electron chi connectivity index (χ4n) is 2.06. The van der Waals surface area contributed by atoms with Crippen LogP contribution in [0, 0.1) is 0 Å². The van der Waals surface area contributed by atoms with Crippen LogP contribution in [0.2, 0.25) is 23.3 Å². The summed E-state index contributed by atoms with van der Waals surface area (Å²) in [7, 11) is -0.687. The predicted molar refractivity (Wildman–Crippen MR) is 103 cm³/mol. The predicted octanol–water partition coefficient (Wildman–Crippen LogP) is 6.28. The van der Waals surface area contributed by atoms with Crippen LogP contribution in [0.5, 0.6) is 0 Å². The molecule has 0 bridgehead atoms. The van der Waals surface area contributed by atoms with Crippen molar-refractivity contribution >= 4 is 41.5 Å². The molecule has 3 nitrogen and oxygen atoms in total. The summed E-state index contributed by atoms with van der Waals surface area (Å²) < 4.78 is 47.2. The van der Waals surface area contributed by atoms with Gasteiger partial charge in [-0.2, -0.15) is 13.2 Å². The number of aromatic nitrogens is 1. The molecule has 0 aliphatic rings. The second kappa shape index (κ2) is 8.15. The number of alkyl halides is 3. The van der Waals surface area contributed by atoms with Gasteiger partial charge in [0.15, 0.2) is 8.32 Å². The van der Waals surface area contributed by atoms with Gasteiger partial charge in [-0.05, 0) is 46.5 Å². The van der Waals surface area contributed by atoms with Crippen LogP contribution in [-0.4, -0.2) is 39.2 Å². The van der Waals surface area contributed by atoms with Gasteiger partial charge < -0.3 is 9.33 Å². The average molecular weight is 462 g/mol. The van der Waals surface area contributed by atoms with Gasteiger partial charge in [0, 0.05) is 19.9 Å². The molecule has 1 aromatic rings. The normalized spacial score (nSPS) is 14.5. The zero-order valence-corrected chi connectivity index (χ0v) is 18.7. The van der Waals surface area contributed by atoms with Gasteiger partial charge in [0.2, 0.25) is 0 Å². The van der Waals surface area contributed by atoms with Crippen molar-refractivity contribution in [2.75, 3.05) is 18.6 Å². The van der Waals surface area contributed by atoms with Crippen LogP contribution < -0.4 is 4.90 Å². The Morgan fingerprint density at radius 3 is 2.36 bits per heavy atom. The Hall–Kier alpha value is -0.313. The molecule has 0 radical (unpaired) electrons. The van der Waals surface area contributed by atoms with Crippen LogP contribution >= 0.6 is 27.5 Å². The summed E-state index contributed by atoms with van der Waals surface area (Å²) in [5.74, 6) is 0. The summed E-state index contributed by atoms with van der Waals surface area (Å²) in [6, 6.07) is -0.258. The second-order valence-corrected chi connectivity index (χ2v) is 13.6. The summed E-state index contributed by atoms with van der Waals surface area (Å²) in [6.45, 7) is 10.3. The van der Waals surface area contributed by atoms with E-state index in [0.717, 1.165) is 0 Å². The first-order valence-electron chi connectivity index (χ1n) is 7.91. The van der Waals surface area contributed by atoms with Crippen molar-refractivity contribution in [1.29, 1.82) is 0 Å². The maximum Gasteiger partial charge on any atom is 0.408 e. The lowest BCUT2D eigenvalue weighted by molar-refractivity contribution is -0.150. The third-order valence-electron chi connectivity index (χ3n) is 4.69. The highest BCUT2D eigenvalue weighted by Crippen LogP contribution is 2.38. The van der Waals surface area contributed by atoms with E-state index in [-0.39, 0.29) is 23.2 Å². The highest BCUT2D eigenvalue weighted by atomic mass is 79.9. The summed E-state index contributed by atoms with van der Waals surface area (Å²) in [6.07, 6.45) is -3.15. The van der Waals surface area contributed by atoms with Gasteiger partial charge in [-0.3, -0.25) is 0 Å². The topological polar surface area (TPSA) is 25.4 Å².